The zero-order valence-electron chi connectivity index (χ0n) is 23.4. The largest absolute Gasteiger partial charge is 0.692 e. The topological polar surface area (TPSA) is 57.5 Å². The van der Waals surface area contributed by atoms with Crippen LogP contribution in [0.15, 0.2) is 182 Å². The van der Waals surface area contributed by atoms with Crippen molar-refractivity contribution in [2.45, 2.75) is 0 Å². The van der Waals surface area contributed by atoms with Gasteiger partial charge in [-0.2, -0.15) is 0 Å². The zero-order chi connectivity index (χ0) is 29.4. The molecule has 0 radical (unpaired) electrons. The fourth-order valence-electron chi connectivity index (χ4n) is 4.36. The van der Waals surface area contributed by atoms with Gasteiger partial charge in [-0.25, -0.2) is 0 Å². The smallest absolute Gasteiger partial charge is 0.134 e. The van der Waals surface area contributed by atoms with E-state index >= 15 is 0 Å². The molecule has 0 saturated heterocycles. The van der Waals surface area contributed by atoms with Gasteiger partial charge in [-0.3, -0.25) is 0 Å². The summed E-state index contributed by atoms with van der Waals surface area (Å²) < 4.78 is 8.70. The van der Waals surface area contributed by atoms with Crippen LogP contribution in [0.1, 0.15) is 0 Å². The van der Waals surface area contributed by atoms with Gasteiger partial charge in [0.15, 0.2) is 0 Å². The first kappa shape index (κ1) is 34.2. The molecule has 0 unspecified atom stereocenters. The Bertz CT molecular complexity index is 1280. The average molecular weight is 686 g/mol. The van der Waals surface area contributed by atoms with Crippen LogP contribution in [0.2, 0.25) is 0 Å². The molecule has 0 aliphatic rings. The van der Waals surface area contributed by atoms with Gasteiger partial charge in [0.05, 0.1) is 0 Å². The van der Waals surface area contributed by atoms with Gasteiger partial charge < -0.3 is 0 Å². The minimum absolute atomic E-state index is 0. The molecule has 0 saturated carbocycles. The molecule has 0 spiro atoms. The highest BCUT2D eigenvalue weighted by Gasteiger charge is 2.16. The fraction of sp³-hybridized carbons (Fsp3) is 0. The Morgan fingerprint density at radius 2 is 0.442 bits per heavy atom. The van der Waals surface area contributed by atoms with Crippen LogP contribution in [0.25, 0.3) is 0 Å². The van der Waals surface area contributed by atoms with Crippen LogP contribution in [0.4, 0.5) is 0 Å². The summed E-state index contributed by atoms with van der Waals surface area (Å²) in [5, 5.41) is 8.39. The SMILES string of the molecule is Br.O=[P+](O)O.c1ccc(P(c2ccccc2)c2ccccc2)cc1.c1ccc(P(c2ccccc2)c2ccccc2)cc1. The fourth-order valence-corrected chi connectivity index (χ4v) is 8.97. The van der Waals surface area contributed by atoms with Gasteiger partial charge in [-0.15, -0.1) is 26.8 Å². The van der Waals surface area contributed by atoms with E-state index in [-0.39, 0.29) is 17.0 Å². The van der Waals surface area contributed by atoms with Gasteiger partial charge in [0.25, 0.3) is 0 Å². The van der Waals surface area contributed by atoms with Crippen molar-refractivity contribution in [1.29, 1.82) is 0 Å². The lowest BCUT2D eigenvalue weighted by Gasteiger charge is -2.18. The molecule has 0 aliphatic carbocycles. The van der Waals surface area contributed by atoms with Gasteiger partial charge in [0.2, 0.25) is 0 Å². The van der Waals surface area contributed by atoms with Crippen LogP contribution in [-0.4, -0.2) is 9.79 Å². The summed E-state index contributed by atoms with van der Waals surface area (Å²) >= 11 is 0. The van der Waals surface area contributed by atoms with Gasteiger partial charge in [0.1, 0.15) is 0 Å². The maximum Gasteiger partial charge on any atom is 0.692 e. The summed E-state index contributed by atoms with van der Waals surface area (Å²) in [4.78, 5) is 14.2. The summed E-state index contributed by atoms with van der Waals surface area (Å²) in [5.41, 5.74) is 0. The first-order valence-electron chi connectivity index (χ1n) is 13.4. The molecule has 0 atom stereocenters. The van der Waals surface area contributed by atoms with Crippen molar-refractivity contribution in [1.82, 2.24) is 0 Å². The highest BCUT2D eigenvalue weighted by Crippen LogP contribution is 2.33. The van der Waals surface area contributed by atoms with E-state index in [2.05, 4.69) is 182 Å². The number of halogens is 1. The molecule has 216 valence electrons. The second-order valence-corrected chi connectivity index (χ2v) is 13.9. The van der Waals surface area contributed by atoms with Crippen LogP contribution in [0, 0.1) is 0 Å². The predicted molar refractivity (Wildman–Crippen MR) is 193 cm³/mol. The van der Waals surface area contributed by atoms with Crippen LogP contribution in [0.5, 0.6) is 0 Å². The number of hydrogen-bond acceptors (Lipinski definition) is 1. The van der Waals surface area contributed by atoms with Crippen molar-refractivity contribution in [2.75, 3.05) is 0 Å². The van der Waals surface area contributed by atoms with E-state index in [1.165, 1.54) is 31.8 Å². The van der Waals surface area contributed by atoms with Crippen LogP contribution >= 0.6 is 41.1 Å². The Morgan fingerprint density at radius 3 is 0.558 bits per heavy atom. The van der Waals surface area contributed by atoms with Crippen molar-refractivity contribution < 1.29 is 14.4 Å². The standard InChI is InChI=1S/2C18H15P.BrH.HO3P/c2*1-4-10-16(11-5-1)19(17-12-6-2-7-13-17)18-14-8-3-9-15-18;;1-4(2)3/h2*1-15H;1H;(H-,1,2,3)/p+1. The number of hydrogen-bond donors (Lipinski definition) is 2. The summed E-state index contributed by atoms with van der Waals surface area (Å²) in [6.45, 7) is 0. The Hall–Kier alpha value is -3.32. The quantitative estimate of drug-likeness (QED) is 0.184. The van der Waals surface area contributed by atoms with Crippen LogP contribution in [0.3, 0.4) is 0 Å². The first-order chi connectivity index (χ1) is 20.6. The van der Waals surface area contributed by atoms with E-state index in [4.69, 9.17) is 14.4 Å². The molecule has 6 aromatic rings. The summed E-state index contributed by atoms with van der Waals surface area (Å²) in [6, 6.07) is 64.7. The molecule has 3 nitrogen and oxygen atoms in total. The van der Waals surface area contributed by atoms with Gasteiger partial charge in [-0.1, -0.05) is 182 Å². The van der Waals surface area contributed by atoms with E-state index in [0.29, 0.717) is 0 Å². The molecule has 0 bridgehead atoms. The van der Waals surface area contributed by atoms with Gasteiger partial charge in [0, 0.05) is 4.57 Å². The molecule has 0 heterocycles. The molecule has 0 fully saturated rings. The van der Waals surface area contributed by atoms with E-state index in [9.17, 15) is 0 Å². The normalized spacial score (nSPS) is 9.95. The summed E-state index contributed by atoms with van der Waals surface area (Å²) in [7, 11) is -3.76. The van der Waals surface area contributed by atoms with E-state index in [1.807, 2.05) is 0 Å². The third-order valence-corrected chi connectivity index (χ3v) is 11.0. The van der Waals surface area contributed by atoms with Crippen molar-refractivity contribution >= 4 is 72.9 Å². The molecule has 43 heavy (non-hydrogen) atoms. The van der Waals surface area contributed by atoms with Gasteiger partial charge >= 0.3 is 8.25 Å². The third-order valence-electron chi connectivity index (χ3n) is 6.09. The van der Waals surface area contributed by atoms with Crippen LogP contribution in [-0.2, 0) is 4.57 Å². The maximum absolute atomic E-state index is 8.70. The van der Waals surface area contributed by atoms with Crippen molar-refractivity contribution in [2.24, 2.45) is 0 Å². The second-order valence-electron chi connectivity index (χ2n) is 8.94. The lowest BCUT2D eigenvalue weighted by Crippen LogP contribution is -2.20. The molecule has 0 amide bonds. The van der Waals surface area contributed by atoms with Crippen molar-refractivity contribution in [3.05, 3.63) is 182 Å². The van der Waals surface area contributed by atoms with Crippen molar-refractivity contribution in [3.8, 4) is 0 Å². The number of benzene rings is 6. The summed E-state index contributed by atoms with van der Waals surface area (Å²) in [6.07, 6.45) is 0. The highest BCUT2D eigenvalue weighted by atomic mass is 79.9. The minimum Gasteiger partial charge on any atom is -0.134 e. The minimum atomic E-state index is -2.87. The predicted octanol–water partition coefficient (Wildman–Crippen LogP) is 7.10. The van der Waals surface area contributed by atoms with Crippen molar-refractivity contribution in [3.63, 3.8) is 0 Å². The Balaban J connectivity index is 0.000000206. The van der Waals surface area contributed by atoms with Crippen LogP contribution < -0.4 is 31.8 Å². The Labute approximate surface area is 268 Å². The molecule has 0 aliphatic heterocycles. The highest BCUT2D eigenvalue weighted by molar-refractivity contribution is 8.93. The molecular formula is C36H33BrO3P3+. The lowest BCUT2D eigenvalue weighted by molar-refractivity contribution is 0.405. The first-order valence-corrected chi connectivity index (χ1v) is 17.2. The van der Waals surface area contributed by atoms with Gasteiger partial charge in [-0.05, 0) is 47.7 Å². The average Bonchev–Trinajstić information content (AvgIpc) is 3.05. The zero-order valence-corrected chi connectivity index (χ0v) is 27.8. The number of rotatable bonds is 6. The monoisotopic (exact) mass is 685 g/mol. The molecule has 6 aromatic carbocycles. The molecule has 7 heteroatoms. The maximum atomic E-state index is 8.70. The Morgan fingerprint density at radius 1 is 0.326 bits per heavy atom. The Kier molecular flexibility index (Phi) is 15.1. The lowest BCUT2D eigenvalue weighted by atomic mass is 10.4. The second kappa shape index (κ2) is 19.1. The molecule has 0 aromatic heterocycles. The van der Waals surface area contributed by atoms with E-state index in [0.717, 1.165) is 0 Å². The third kappa shape index (κ3) is 11.0. The van der Waals surface area contributed by atoms with E-state index in [1.54, 1.807) is 0 Å². The molecule has 6 rings (SSSR count). The van der Waals surface area contributed by atoms with E-state index < -0.39 is 24.1 Å². The molecular weight excluding hydrogens is 653 g/mol. The molecule has 2 N–H and O–H groups in total. The summed E-state index contributed by atoms with van der Waals surface area (Å²) in [5.74, 6) is 0.